The van der Waals surface area contributed by atoms with Crippen LogP contribution in [0.3, 0.4) is 0 Å². The van der Waals surface area contributed by atoms with E-state index in [2.05, 4.69) is 51.3 Å². The highest BCUT2D eigenvalue weighted by Gasteiger charge is 2.17. The number of pyridine rings is 2. The van der Waals surface area contributed by atoms with E-state index in [1.54, 1.807) is 15.4 Å². The summed E-state index contributed by atoms with van der Waals surface area (Å²) in [5.41, 5.74) is 5.21. The van der Waals surface area contributed by atoms with Crippen molar-refractivity contribution < 1.29 is 0 Å². The van der Waals surface area contributed by atoms with Gasteiger partial charge in [-0.3, -0.25) is 4.68 Å². The third-order valence-electron chi connectivity index (χ3n) is 5.66. The minimum atomic E-state index is 0.547. The molecular weight excluding hydrogens is 376 g/mol. The Morgan fingerprint density at radius 1 is 0.900 bits per heavy atom. The van der Waals surface area contributed by atoms with E-state index in [1.165, 1.54) is 0 Å². The maximum absolute atomic E-state index is 9.58. The van der Waals surface area contributed by atoms with Crippen LogP contribution in [0.1, 0.15) is 5.56 Å². The fourth-order valence-electron chi connectivity index (χ4n) is 3.92. The van der Waals surface area contributed by atoms with Crippen LogP contribution in [0.2, 0.25) is 0 Å². The molecule has 5 rings (SSSR count). The lowest BCUT2D eigenvalue weighted by Gasteiger charge is -2.33. The molecule has 0 N–H and O–H groups in total. The average Bonchev–Trinajstić information content (AvgIpc) is 3.40. The van der Waals surface area contributed by atoms with Crippen molar-refractivity contribution in [2.45, 2.75) is 0 Å². The maximum Gasteiger partial charge on any atom is 0.128 e. The molecule has 0 radical (unpaired) electrons. The first-order valence-electron chi connectivity index (χ1n) is 9.93. The van der Waals surface area contributed by atoms with Gasteiger partial charge in [-0.25, -0.2) is 9.50 Å². The molecule has 0 bridgehead atoms. The molecule has 0 atom stereocenters. The van der Waals surface area contributed by atoms with Gasteiger partial charge >= 0.3 is 0 Å². The van der Waals surface area contributed by atoms with Crippen LogP contribution in [0.5, 0.6) is 0 Å². The Hall–Kier alpha value is -3.70. The monoisotopic (exact) mass is 398 g/mol. The fraction of sp³-hybridized carbons (Fsp3) is 0.273. The van der Waals surface area contributed by atoms with Gasteiger partial charge in [-0.1, -0.05) is 0 Å². The van der Waals surface area contributed by atoms with Gasteiger partial charge in [-0.05, 0) is 25.2 Å². The molecular formula is C22H22N8. The van der Waals surface area contributed by atoms with Gasteiger partial charge in [0.05, 0.1) is 23.5 Å². The van der Waals surface area contributed by atoms with Crippen LogP contribution in [-0.2, 0) is 7.05 Å². The summed E-state index contributed by atoms with van der Waals surface area (Å²) in [5, 5.41) is 18.3. The number of fused-ring (bicyclic) bond motifs is 1. The van der Waals surface area contributed by atoms with E-state index in [1.807, 2.05) is 31.8 Å². The van der Waals surface area contributed by atoms with Crippen molar-refractivity contribution in [1.29, 1.82) is 5.26 Å². The number of aryl methyl sites for hydroxylation is 1. The third-order valence-corrected chi connectivity index (χ3v) is 5.66. The number of rotatable bonds is 3. The van der Waals surface area contributed by atoms with Crippen LogP contribution < -0.4 is 4.90 Å². The first-order valence-corrected chi connectivity index (χ1v) is 9.93. The zero-order valence-electron chi connectivity index (χ0n) is 17.0. The second kappa shape index (κ2) is 7.28. The molecule has 150 valence electrons. The van der Waals surface area contributed by atoms with Gasteiger partial charge in [0.1, 0.15) is 11.9 Å². The maximum atomic E-state index is 9.58. The first-order chi connectivity index (χ1) is 14.6. The predicted octanol–water partition coefficient (Wildman–Crippen LogP) is 2.42. The molecule has 5 heterocycles. The summed E-state index contributed by atoms with van der Waals surface area (Å²) in [6.45, 7) is 4.03. The molecule has 1 aliphatic rings. The molecule has 1 saturated heterocycles. The van der Waals surface area contributed by atoms with E-state index in [0.29, 0.717) is 5.56 Å². The van der Waals surface area contributed by atoms with Crippen molar-refractivity contribution in [1.82, 2.24) is 29.3 Å². The Balaban J connectivity index is 1.58. The molecule has 4 aromatic rings. The molecule has 1 fully saturated rings. The Kier molecular flexibility index (Phi) is 4.45. The van der Waals surface area contributed by atoms with Crippen molar-refractivity contribution in [2.24, 2.45) is 7.05 Å². The summed E-state index contributed by atoms with van der Waals surface area (Å²) in [5.74, 6) is 0.986. The summed E-state index contributed by atoms with van der Waals surface area (Å²) in [6, 6.07) is 8.49. The standard InChI is InChI=1S/C22H22N8/c1-27-5-7-29(8-6-27)21-4-3-16(11-24-21)20-9-17(19-13-25-28(2)14-19)15-30-22(20)18(10-23)12-26-30/h3-4,9,11-15H,5-8H2,1-2H3. The van der Waals surface area contributed by atoms with E-state index < -0.39 is 0 Å². The highest BCUT2D eigenvalue weighted by atomic mass is 15.3. The van der Waals surface area contributed by atoms with Crippen molar-refractivity contribution in [3.05, 3.63) is 54.7 Å². The Morgan fingerprint density at radius 2 is 1.73 bits per heavy atom. The lowest BCUT2D eigenvalue weighted by Crippen LogP contribution is -2.44. The summed E-state index contributed by atoms with van der Waals surface area (Å²) in [6.07, 6.45) is 9.23. The molecule has 8 heteroatoms. The molecule has 8 nitrogen and oxygen atoms in total. The number of anilines is 1. The van der Waals surface area contributed by atoms with Crippen LogP contribution >= 0.6 is 0 Å². The molecule has 0 amide bonds. The van der Waals surface area contributed by atoms with Gasteiger partial charge in [0, 0.05) is 74.1 Å². The Bertz CT molecular complexity index is 1240. The largest absolute Gasteiger partial charge is 0.354 e. The summed E-state index contributed by atoms with van der Waals surface area (Å²) in [7, 11) is 4.04. The minimum Gasteiger partial charge on any atom is -0.354 e. The number of piperazine rings is 1. The molecule has 4 aromatic heterocycles. The van der Waals surface area contributed by atoms with Gasteiger partial charge in [-0.2, -0.15) is 15.5 Å². The molecule has 0 saturated carbocycles. The van der Waals surface area contributed by atoms with Crippen LogP contribution in [0.15, 0.2) is 49.2 Å². The Labute approximate surface area is 174 Å². The highest BCUT2D eigenvalue weighted by Crippen LogP contribution is 2.32. The lowest BCUT2D eigenvalue weighted by molar-refractivity contribution is 0.312. The summed E-state index contributed by atoms with van der Waals surface area (Å²) >= 11 is 0. The van der Waals surface area contributed by atoms with Crippen molar-refractivity contribution in [2.75, 3.05) is 38.1 Å². The molecule has 0 aromatic carbocycles. The zero-order valence-corrected chi connectivity index (χ0v) is 17.0. The summed E-state index contributed by atoms with van der Waals surface area (Å²) < 4.78 is 3.54. The number of nitriles is 1. The number of hydrogen-bond acceptors (Lipinski definition) is 6. The average molecular weight is 398 g/mol. The normalized spacial score (nSPS) is 14.9. The van der Waals surface area contributed by atoms with Gasteiger partial charge in [0.2, 0.25) is 0 Å². The first kappa shape index (κ1) is 18.3. The van der Waals surface area contributed by atoms with E-state index in [-0.39, 0.29) is 0 Å². The number of likely N-dealkylation sites (N-methyl/N-ethyl adjacent to an activating group) is 1. The lowest BCUT2D eigenvalue weighted by atomic mass is 10.0. The quantitative estimate of drug-likeness (QED) is 0.527. The second-order valence-electron chi connectivity index (χ2n) is 7.70. The van der Waals surface area contributed by atoms with E-state index in [4.69, 9.17) is 4.98 Å². The van der Waals surface area contributed by atoms with Crippen LogP contribution in [0, 0.1) is 11.3 Å². The van der Waals surface area contributed by atoms with E-state index in [9.17, 15) is 5.26 Å². The number of aromatic nitrogens is 5. The minimum absolute atomic E-state index is 0.547. The second-order valence-corrected chi connectivity index (χ2v) is 7.70. The van der Waals surface area contributed by atoms with Gasteiger partial charge in [-0.15, -0.1) is 0 Å². The number of hydrogen-bond donors (Lipinski definition) is 0. The highest BCUT2D eigenvalue weighted by molar-refractivity contribution is 5.87. The number of nitrogens with zero attached hydrogens (tertiary/aromatic N) is 8. The van der Waals surface area contributed by atoms with Crippen molar-refractivity contribution in [3.8, 4) is 28.3 Å². The van der Waals surface area contributed by atoms with Crippen molar-refractivity contribution in [3.63, 3.8) is 0 Å². The van der Waals surface area contributed by atoms with Crippen molar-refractivity contribution >= 4 is 11.3 Å². The smallest absolute Gasteiger partial charge is 0.128 e. The van der Waals surface area contributed by atoms with Crippen LogP contribution in [-0.4, -0.2) is 62.5 Å². The molecule has 1 aliphatic heterocycles. The fourth-order valence-corrected chi connectivity index (χ4v) is 3.92. The van der Waals surface area contributed by atoms with Gasteiger partial charge in [0.25, 0.3) is 0 Å². The molecule has 0 unspecified atom stereocenters. The predicted molar refractivity (Wildman–Crippen MR) is 115 cm³/mol. The van der Waals surface area contributed by atoms with E-state index in [0.717, 1.165) is 59.8 Å². The van der Waals surface area contributed by atoms with E-state index >= 15 is 0 Å². The van der Waals surface area contributed by atoms with Crippen LogP contribution in [0.4, 0.5) is 5.82 Å². The van der Waals surface area contributed by atoms with Crippen LogP contribution in [0.25, 0.3) is 27.8 Å². The van der Waals surface area contributed by atoms with Gasteiger partial charge in [0.15, 0.2) is 0 Å². The summed E-state index contributed by atoms with van der Waals surface area (Å²) in [4.78, 5) is 9.37. The molecule has 0 spiro atoms. The van der Waals surface area contributed by atoms with Gasteiger partial charge < -0.3 is 9.80 Å². The molecule has 30 heavy (non-hydrogen) atoms. The third kappa shape index (κ3) is 3.19. The topological polar surface area (TPSA) is 78.3 Å². The Morgan fingerprint density at radius 3 is 2.40 bits per heavy atom. The zero-order chi connectivity index (χ0) is 20.7. The SMILES string of the molecule is CN1CCN(c2ccc(-c3cc(-c4cnn(C)c4)cn4ncc(C#N)c34)cn2)CC1. The molecule has 0 aliphatic carbocycles.